The molecule has 5 nitrogen and oxygen atoms in total. The highest BCUT2D eigenvalue weighted by atomic mass is 32.2. The molecule has 1 aliphatic heterocycles. The number of hydrogen-bond acceptors (Lipinski definition) is 4. The molecule has 1 aliphatic rings. The molecule has 1 aromatic heterocycles. The van der Waals surface area contributed by atoms with Crippen molar-refractivity contribution in [3.63, 3.8) is 0 Å². The summed E-state index contributed by atoms with van der Waals surface area (Å²) in [4.78, 5) is 18.6. The molecule has 0 aliphatic carbocycles. The van der Waals surface area contributed by atoms with Crippen LogP contribution in [0.1, 0.15) is 10.4 Å². The summed E-state index contributed by atoms with van der Waals surface area (Å²) in [6, 6.07) is 7.53. The molecule has 1 fully saturated rings. The van der Waals surface area contributed by atoms with E-state index in [1.165, 1.54) is 6.33 Å². The summed E-state index contributed by atoms with van der Waals surface area (Å²) in [7, 11) is 0. The van der Waals surface area contributed by atoms with Gasteiger partial charge < -0.3 is 4.90 Å². The largest absolute Gasteiger partial charge is 0.337 e. The Morgan fingerprint density at radius 3 is 2.79 bits per heavy atom. The van der Waals surface area contributed by atoms with E-state index in [2.05, 4.69) is 15.2 Å². The Balaban J connectivity index is 1.94. The summed E-state index contributed by atoms with van der Waals surface area (Å²) in [5.74, 6) is 2.73. The Kier molecular flexibility index (Phi) is 3.50. The molecule has 2 heterocycles. The fourth-order valence-electron chi connectivity index (χ4n) is 2.15. The topological polar surface area (TPSA) is 61.9 Å². The summed E-state index contributed by atoms with van der Waals surface area (Å²) in [6.45, 7) is 1.63. The number of benzene rings is 1. The fraction of sp³-hybridized carbons (Fsp3) is 0.308. The van der Waals surface area contributed by atoms with Crippen LogP contribution >= 0.6 is 11.8 Å². The van der Waals surface area contributed by atoms with Crippen LogP contribution in [-0.4, -0.2) is 50.6 Å². The molecule has 1 aromatic carbocycles. The molecule has 0 saturated carbocycles. The van der Waals surface area contributed by atoms with Gasteiger partial charge in [-0.3, -0.25) is 9.89 Å². The summed E-state index contributed by atoms with van der Waals surface area (Å²) in [6.07, 6.45) is 1.45. The van der Waals surface area contributed by atoms with Crippen molar-refractivity contribution in [3.05, 3.63) is 36.2 Å². The monoisotopic (exact) mass is 274 g/mol. The lowest BCUT2D eigenvalue weighted by Gasteiger charge is -2.27. The Morgan fingerprint density at radius 2 is 2.05 bits per heavy atom. The first kappa shape index (κ1) is 12.2. The first-order valence-corrected chi connectivity index (χ1v) is 7.33. The normalized spacial score (nSPS) is 15.5. The maximum absolute atomic E-state index is 12.6. The van der Waals surface area contributed by atoms with Crippen LogP contribution in [0.3, 0.4) is 0 Å². The third-order valence-electron chi connectivity index (χ3n) is 3.13. The number of carbonyl (C=O) groups excluding carboxylic acids is 1. The Hall–Kier alpha value is -1.82. The van der Waals surface area contributed by atoms with Crippen LogP contribution in [0.5, 0.6) is 0 Å². The summed E-state index contributed by atoms with van der Waals surface area (Å²) in [5.41, 5.74) is 1.49. The molecule has 0 radical (unpaired) electrons. The number of hydrogen-bond donors (Lipinski definition) is 1. The van der Waals surface area contributed by atoms with Crippen molar-refractivity contribution in [3.8, 4) is 11.4 Å². The van der Waals surface area contributed by atoms with E-state index in [1.54, 1.807) is 0 Å². The maximum Gasteiger partial charge on any atom is 0.254 e. The lowest BCUT2D eigenvalue weighted by Crippen LogP contribution is -2.38. The van der Waals surface area contributed by atoms with Gasteiger partial charge in [0, 0.05) is 30.2 Å². The van der Waals surface area contributed by atoms with Crippen molar-refractivity contribution < 1.29 is 4.79 Å². The van der Waals surface area contributed by atoms with Crippen LogP contribution in [-0.2, 0) is 0 Å². The van der Waals surface area contributed by atoms with Crippen LogP contribution in [0.15, 0.2) is 30.6 Å². The van der Waals surface area contributed by atoms with E-state index in [-0.39, 0.29) is 5.91 Å². The lowest BCUT2D eigenvalue weighted by atomic mass is 10.1. The van der Waals surface area contributed by atoms with Crippen LogP contribution in [0, 0.1) is 0 Å². The van der Waals surface area contributed by atoms with Crippen molar-refractivity contribution in [2.75, 3.05) is 24.6 Å². The minimum atomic E-state index is 0.0762. The minimum Gasteiger partial charge on any atom is -0.337 e. The molecule has 1 amide bonds. The number of carbonyl (C=O) groups is 1. The van der Waals surface area contributed by atoms with Crippen molar-refractivity contribution in [1.82, 2.24) is 20.1 Å². The molecule has 6 heteroatoms. The molecule has 1 saturated heterocycles. The molecule has 1 N–H and O–H groups in total. The standard InChI is InChI=1S/C13H14N4OS/c18-13(17-5-7-19-8-6-17)11-4-2-1-3-10(11)12-14-9-15-16-12/h1-4,9H,5-8H2,(H,14,15,16). The zero-order valence-electron chi connectivity index (χ0n) is 10.4. The second-order valence-electron chi connectivity index (χ2n) is 4.28. The number of thioether (sulfide) groups is 1. The van der Waals surface area contributed by atoms with Gasteiger partial charge in [0.05, 0.1) is 5.56 Å². The third-order valence-corrected chi connectivity index (χ3v) is 4.07. The number of nitrogens with zero attached hydrogens (tertiary/aromatic N) is 3. The zero-order valence-corrected chi connectivity index (χ0v) is 11.2. The van der Waals surface area contributed by atoms with Crippen molar-refractivity contribution in [2.45, 2.75) is 0 Å². The highest BCUT2D eigenvalue weighted by Gasteiger charge is 2.21. The van der Waals surface area contributed by atoms with E-state index in [9.17, 15) is 4.79 Å². The number of aromatic nitrogens is 3. The smallest absolute Gasteiger partial charge is 0.254 e. The van der Waals surface area contributed by atoms with Crippen molar-refractivity contribution in [1.29, 1.82) is 0 Å². The average molecular weight is 274 g/mol. The molecule has 0 bridgehead atoms. The molecule has 0 spiro atoms. The minimum absolute atomic E-state index is 0.0762. The van der Waals surface area contributed by atoms with Crippen molar-refractivity contribution >= 4 is 17.7 Å². The van der Waals surface area contributed by atoms with E-state index >= 15 is 0 Å². The van der Waals surface area contributed by atoms with Crippen LogP contribution in [0.25, 0.3) is 11.4 Å². The molecular formula is C13H14N4OS. The van der Waals surface area contributed by atoms with Gasteiger partial charge in [-0.05, 0) is 6.07 Å². The van der Waals surface area contributed by atoms with Gasteiger partial charge in [0.25, 0.3) is 5.91 Å². The van der Waals surface area contributed by atoms with E-state index in [4.69, 9.17) is 0 Å². The van der Waals surface area contributed by atoms with E-state index in [0.29, 0.717) is 11.4 Å². The fourth-order valence-corrected chi connectivity index (χ4v) is 3.05. The highest BCUT2D eigenvalue weighted by molar-refractivity contribution is 7.99. The Morgan fingerprint density at radius 1 is 1.26 bits per heavy atom. The first-order chi connectivity index (χ1) is 9.36. The number of H-pyrrole nitrogens is 1. The predicted octanol–water partition coefficient (Wildman–Crippen LogP) is 1.66. The first-order valence-electron chi connectivity index (χ1n) is 6.18. The van der Waals surface area contributed by atoms with Gasteiger partial charge in [0.1, 0.15) is 6.33 Å². The number of amides is 1. The summed E-state index contributed by atoms with van der Waals surface area (Å²) < 4.78 is 0. The van der Waals surface area contributed by atoms with Gasteiger partial charge in [-0.2, -0.15) is 16.9 Å². The van der Waals surface area contributed by atoms with Gasteiger partial charge >= 0.3 is 0 Å². The second-order valence-corrected chi connectivity index (χ2v) is 5.51. The maximum atomic E-state index is 12.6. The van der Waals surface area contributed by atoms with Crippen LogP contribution in [0.2, 0.25) is 0 Å². The van der Waals surface area contributed by atoms with Gasteiger partial charge in [-0.15, -0.1) is 0 Å². The lowest BCUT2D eigenvalue weighted by molar-refractivity contribution is 0.0773. The number of nitrogens with one attached hydrogen (secondary N) is 1. The average Bonchev–Trinajstić information content (AvgIpc) is 3.01. The Bertz CT molecular complexity index is 564. The summed E-state index contributed by atoms with van der Waals surface area (Å²) in [5, 5.41) is 6.66. The molecule has 19 heavy (non-hydrogen) atoms. The molecule has 98 valence electrons. The number of aromatic amines is 1. The molecule has 0 atom stereocenters. The number of rotatable bonds is 2. The van der Waals surface area contributed by atoms with Gasteiger partial charge in [0.15, 0.2) is 5.82 Å². The second kappa shape index (κ2) is 5.44. The van der Waals surface area contributed by atoms with Crippen LogP contribution < -0.4 is 0 Å². The van der Waals surface area contributed by atoms with E-state index in [0.717, 1.165) is 30.2 Å². The van der Waals surface area contributed by atoms with Gasteiger partial charge in [0.2, 0.25) is 0 Å². The Labute approximate surface area is 115 Å². The predicted molar refractivity (Wildman–Crippen MR) is 75.0 cm³/mol. The van der Waals surface area contributed by atoms with Gasteiger partial charge in [-0.1, -0.05) is 18.2 Å². The highest BCUT2D eigenvalue weighted by Crippen LogP contribution is 2.22. The molecular weight excluding hydrogens is 260 g/mol. The van der Waals surface area contributed by atoms with Crippen LogP contribution in [0.4, 0.5) is 0 Å². The van der Waals surface area contributed by atoms with Crippen molar-refractivity contribution in [2.24, 2.45) is 0 Å². The molecule has 0 unspecified atom stereocenters. The third kappa shape index (κ3) is 2.49. The SMILES string of the molecule is O=C(c1ccccc1-c1ncn[nH]1)N1CCSCC1. The van der Waals surface area contributed by atoms with Gasteiger partial charge in [-0.25, -0.2) is 4.98 Å². The quantitative estimate of drug-likeness (QED) is 0.904. The zero-order chi connectivity index (χ0) is 13.1. The molecule has 3 rings (SSSR count). The van der Waals surface area contributed by atoms with E-state index in [1.807, 2.05) is 40.9 Å². The molecule has 2 aromatic rings. The van der Waals surface area contributed by atoms with E-state index < -0.39 is 0 Å². The summed E-state index contributed by atoms with van der Waals surface area (Å²) >= 11 is 1.89.